The van der Waals surface area contributed by atoms with E-state index in [2.05, 4.69) is 50.4 Å². The van der Waals surface area contributed by atoms with Crippen molar-refractivity contribution in [2.75, 3.05) is 6.54 Å². The molecule has 0 saturated heterocycles. The van der Waals surface area contributed by atoms with Gasteiger partial charge in [0.15, 0.2) is 0 Å². The quantitative estimate of drug-likeness (QED) is 0.881. The number of benzene rings is 1. The van der Waals surface area contributed by atoms with Crippen molar-refractivity contribution in [3.8, 4) is 0 Å². The maximum absolute atomic E-state index is 5.43. The van der Waals surface area contributed by atoms with Crippen LogP contribution < -0.4 is 5.32 Å². The summed E-state index contributed by atoms with van der Waals surface area (Å²) in [6.07, 6.45) is 1.76. The number of furan rings is 1. The van der Waals surface area contributed by atoms with Crippen LogP contribution in [0.3, 0.4) is 0 Å². The zero-order chi connectivity index (χ0) is 13.1. The summed E-state index contributed by atoms with van der Waals surface area (Å²) in [4.78, 5) is 0. The maximum atomic E-state index is 5.43. The molecule has 0 aliphatic carbocycles. The van der Waals surface area contributed by atoms with E-state index in [1.54, 1.807) is 6.26 Å². The Labute approximate surface area is 109 Å². The molecular weight excluding hydrogens is 222 g/mol. The van der Waals surface area contributed by atoms with Gasteiger partial charge in [-0.1, -0.05) is 25.1 Å². The van der Waals surface area contributed by atoms with Gasteiger partial charge in [0.25, 0.3) is 0 Å². The van der Waals surface area contributed by atoms with Gasteiger partial charge in [-0.05, 0) is 50.1 Å². The molecule has 96 valence electrons. The summed E-state index contributed by atoms with van der Waals surface area (Å²) >= 11 is 0. The molecule has 1 heterocycles. The lowest BCUT2D eigenvalue weighted by atomic mass is 9.96. The largest absolute Gasteiger partial charge is 0.469 e. The van der Waals surface area contributed by atoms with Crippen LogP contribution >= 0.6 is 0 Å². The standard InChI is InChI=1S/C16H21NO/c1-5-17-16(15-8-9-18-13(15)4)14-7-6-11(2)12(3)10-14/h6-10,16-17H,5H2,1-4H3. The van der Waals surface area contributed by atoms with Gasteiger partial charge in [-0.25, -0.2) is 0 Å². The third-order valence-electron chi connectivity index (χ3n) is 3.48. The molecule has 0 aliphatic rings. The van der Waals surface area contributed by atoms with E-state index in [-0.39, 0.29) is 6.04 Å². The summed E-state index contributed by atoms with van der Waals surface area (Å²) < 4.78 is 5.43. The SMILES string of the molecule is CCNC(c1ccc(C)c(C)c1)c1ccoc1C. The molecule has 0 spiro atoms. The molecule has 2 heteroatoms. The Hall–Kier alpha value is -1.54. The monoisotopic (exact) mass is 243 g/mol. The molecule has 1 unspecified atom stereocenters. The first-order valence-corrected chi connectivity index (χ1v) is 6.48. The van der Waals surface area contributed by atoms with Gasteiger partial charge in [0.05, 0.1) is 12.3 Å². The van der Waals surface area contributed by atoms with Gasteiger partial charge in [0, 0.05) is 5.56 Å². The van der Waals surface area contributed by atoms with Gasteiger partial charge in [0.2, 0.25) is 0 Å². The molecule has 1 aromatic carbocycles. The summed E-state index contributed by atoms with van der Waals surface area (Å²) in [6.45, 7) is 9.38. The van der Waals surface area contributed by atoms with Crippen LogP contribution in [-0.4, -0.2) is 6.54 Å². The lowest BCUT2D eigenvalue weighted by Crippen LogP contribution is -2.22. The first-order chi connectivity index (χ1) is 8.63. The third-order valence-corrected chi connectivity index (χ3v) is 3.48. The molecular formula is C16H21NO. The molecule has 0 saturated carbocycles. The Bertz CT molecular complexity index is 528. The van der Waals surface area contributed by atoms with Gasteiger partial charge in [0.1, 0.15) is 5.76 Å². The fourth-order valence-electron chi connectivity index (χ4n) is 2.25. The number of nitrogens with one attached hydrogen (secondary N) is 1. The summed E-state index contributed by atoms with van der Waals surface area (Å²) in [6, 6.07) is 8.91. The molecule has 1 aromatic heterocycles. The van der Waals surface area contributed by atoms with E-state index in [1.165, 1.54) is 22.3 Å². The summed E-state index contributed by atoms with van der Waals surface area (Å²) in [5, 5.41) is 3.53. The van der Waals surface area contributed by atoms with Gasteiger partial charge in [-0.3, -0.25) is 0 Å². The van der Waals surface area contributed by atoms with E-state index in [1.807, 2.05) is 6.92 Å². The topological polar surface area (TPSA) is 25.2 Å². The van der Waals surface area contributed by atoms with E-state index in [4.69, 9.17) is 4.42 Å². The van der Waals surface area contributed by atoms with Crippen molar-refractivity contribution in [1.29, 1.82) is 0 Å². The van der Waals surface area contributed by atoms with Crippen LogP contribution in [0.1, 0.15) is 41.0 Å². The molecule has 0 fully saturated rings. The highest BCUT2D eigenvalue weighted by molar-refractivity contribution is 5.37. The Balaban J connectivity index is 2.41. The van der Waals surface area contributed by atoms with E-state index in [0.29, 0.717) is 0 Å². The normalized spacial score (nSPS) is 12.7. The zero-order valence-corrected chi connectivity index (χ0v) is 11.6. The van der Waals surface area contributed by atoms with Crippen molar-refractivity contribution in [2.24, 2.45) is 0 Å². The highest BCUT2D eigenvalue weighted by Crippen LogP contribution is 2.26. The summed E-state index contributed by atoms with van der Waals surface area (Å²) in [5.74, 6) is 0.985. The van der Waals surface area contributed by atoms with E-state index < -0.39 is 0 Å². The first-order valence-electron chi connectivity index (χ1n) is 6.48. The van der Waals surface area contributed by atoms with Crippen LogP contribution in [0.5, 0.6) is 0 Å². The molecule has 2 rings (SSSR count). The van der Waals surface area contributed by atoms with Crippen LogP contribution in [-0.2, 0) is 0 Å². The van der Waals surface area contributed by atoms with Gasteiger partial charge >= 0.3 is 0 Å². The average Bonchev–Trinajstić information content (AvgIpc) is 2.76. The molecule has 1 N–H and O–H groups in total. The fraction of sp³-hybridized carbons (Fsp3) is 0.375. The Kier molecular flexibility index (Phi) is 3.87. The molecule has 0 bridgehead atoms. The molecule has 2 nitrogen and oxygen atoms in total. The van der Waals surface area contributed by atoms with Crippen molar-refractivity contribution in [2.45, 2.75) is 33.7 Å². The molecule has 0 aliphatic heterocycles. The lowest BCUT2D eigenvalue weighted by Gasteiger charge is -2.19. The average molecular weight is 243 g/mol. The van der Waals surface area contributed by atoms with Crippen LogP contribution in [0.4, 0.5) is 0 Å². The molecule has 1 atom stereocenters. The van der Waals surface area contributed by atoms with E-state index in [9.17, 15) is 0 Å². The van der Waals surface area contributed by atoms with Gasteiger partial charge < -0.3 is 9.73 Å². The van der Waals surface area contributed by atoms with Crippen LogP contribution in [0.25, 0.3) is 0 Å². The van der Waals surface area contributed by atoms with Crippen molar-refractivity contribution < 1.29 is 4.42 Å². The van der Waals surface area contributed by atoms with E-state index in [0.717, 1.165) is 12.3 Å². The van der Waals surface area contributed by atoms with Crippen LogP contribution in [0.2, 0.25) is 0 Å². The molecule has 2 aromatic rings. The van der Waals surface area contributed by atoms with Crippen molar-refractivity contribution in [1.82, 2.24) is 5.32 Å². The second kappa shape index (κ2) is 5.40. The highest BCUT2D eigenvalue weighted by Gasteiger charge is 2.17. The predicted molar refractivity (Wildman–Crippen MR) is 74.9 cm³/mol. The molecule has 0 amide bonds. The van der Waals surface area contributed by atoms with Crippen molar-refractivity contribution in [3.05, 3.63) is 58.5 Å². The second-order valence-electron chi connectivity index (χ2n) is 4.77. The fourth-order valence-corrected chi connectivity index (χ4v) is 2.25. The molecule has 18 heavy (non-hydrogen) atoms. The maximum Gasteiger partial charge on any atom is 0.105 e. The summed E-state index contributed by atoms with van der Waals surface area (Å²) in [7, 11) is 0. The Morgan fingerprint density at radius 1 is 1.11 bits per heavy atom. The highest BCUT2D eigenvalue weighted by atomic mass is 16.3. The van der Waals surface area contributed by atoms with E-state index >= 15 is 0 Å². The predicted octanol–water partition coefficient (Wildman–Crippen LogP) is 3.90. The number of rotatable bonds is 4. The number of hydrogen-bond donors (Lipinski definition) is 1. The molecule has 0 radical (unpaired) electrons. The minimum atomic E-state index is 0.216. The van der Waals surface area contributed by atoms with Gasteiger partial charge in [-0.15, -0.1) is 0 Å². The second-order valence-corrected chi connectivity index (χ2v) is 4.77. The third kappa shape index (κ3) is 2.49. The van der Waals surface area contributed by atoms with Crippen LogP contribution in [0, 0.1) is 20.8 Å². The smallest absolute Gasteiger partial charge is 0.105 e. The zero-order valence-electron chi connectivity index (χ0n) is 11.6. The number of hydrogen-bond acceptors (Lipinski definition) is 2. The van der Waals surface area contributed by atoms with Gasteiger partial charge in [-0.2, -0.15) is 0 Å². The Morgan fingerprint density at radius 3 is 2.44 bits per heavy atom. The summed E-state index contributed by atoms with van der Waals surface area (Å²) in [5.41, 5.74) is 5.18. The van der Waals surface area contributed by atoms with Crippen molar-refractivity contribution >= 4 is 0 Å². The minimum Gasteiger partial charge on any atom is -0.469 e. The first kappa shape index (κ1) is 12.9. The minimum absolute atomic E-state index is 0.216. The van der Waals surface area contributed by atoms with Crippen LogP contribution in [0.15, 0.2) is 34.9 Å². The number of aryl methyl sites for hydroxylation is 3. The Morgan fingerprint density at radius 2 is 1.89 bits per heavy atom. The van der Waals surface area contributed by atoms with Crippen molar-refractivity contribution in [3.63, 3.8) is 0 Å². The lowest BCUT2D eigenvalue weighted by molar-refractivity contribution is 0.520.